The quantitative estimate of drug-likeness (QED) is 0.920. The van der Waals surface area contributed by atoms with Gasteiger partial charge in [0.1, 0.15) is 5.03 Å². The number of pyridine rings is 1. The second kappa shape index (κ2) is 6.05. The summed E-state index contributed by atoms with van der Waals surface area (Å²) in [6.45, 7) is 0.646. The molecule has 0 fully saturated rings. The summed E-state index contributed by atoms with van der Waals surface area (Å²) in [5.41, 5.74) is 6.84. The largest absolute Gasteiger partial charge is 0.330 e. The fraction of sp³-hybridized carbons (Fsp3) is 0.154. The summed E-state index contributed by atoms with van der Waals surface area (Å²) in [6, 6.07) is 11.9. The molecule has 0 atom stereocenters. The van der Waals surface area contributed by atoms with Gasteiger partial charge in [-0.05, 0) is 36.7 Å². The van der Waals surface area contributed by atoms with Crippen LogP contribution in [0.15, 0.2) is 52.5 Å². The molecule has 0 saturated heterocycles. The second-order valence-electron chi connectivity index (χ2n) is 3.54. The van der Waals surface area contributed by atoms with Gasteiger partial charge in [0, 0.05) is 11.1 Å². The number of nitrogens with two attached hydrogens (primary N) is 1. The lowest BCUT2D eigenvalue weighted by molar-refractivity contribution is 0.943. The Balaban J connectivity index is 2.27. The minimum atomic E-state index is 0.646. The van der Waals surface area contributed by atoms with Crippen LogP contribution < -0.4 is 5.73 Å². The molecule has 0 spiro atoms. The molecular weight excluding hydrogens is 252 g/mol. The molecule has 1 aromatic carbocycles. The molecular formula is C13H13ClN2S. The third-order valence-electron chi connectivity index (χ3n) is 2.32. The zero-order chi connectivity index (χ0) is 12.1. The highest BCUT2D eigenvalue weighted by Crippen LogP contribution is 2.33. The molecule has 2 aromatic rings. The summed E-state index contributed by atoms with van der Waals surface area (Å²) in [4.78, 5) is 5.44. The lowest BCUT2D eigenvalue weighted by Crippen LogP contribution is -2.03. The third-order valence-corrected chi connectivity index (χ3v) is 3.87. The Labute approximate surface area is 110 Å². The summed E-state index contributed by atoms with van der Waals surface area (Å²) in [5.74, 6) is 0. The van der Waals surface area contributed by atoms with Crippen LogP contribution >= 0.6 is 23.4 Å². The van der Waals surface area contributed by atoms with E-state index in [-0.39, 0.29) is 0 Å². The Morgan fingerprint density at radius 3 is 2.76 bits per heavy atom. The van der Waals surface area contributed by atoms with Crippen molar-refractivity contribution in [3.8, 4) is 0 Å². The number of aromatic nitrogens is 1. The first-order chi connectivity index (χ1) is 8.31. The molecule has 17 heavy (non-hydrogen) atoms. The van der Waals surface area contributed by atoms with Crippen molar-refractivity contribution >= 4 is 23.4 Å². The SMILES string of the molecule is NCCc1ccccc1Sc1ncccc1Cl. The van der Waals surface area contributed by atoms with Crippen molar-refractivity contribution in [2.24, 2.45) is 5.73 Å². The average Bonchev–Trinajstić information content (AvgIpc) is 2.35. The van der Waals surface area contributed by atoms with Crippen LogP contribution in [0.25, 0.3) is 0 Å². The zero-order valence-electron chi connectivity index (χ0n) is 9.27. The van der Waals surface area contributed by atoms with Crippen LogP contribution in [-0.4, -0.2) is 11.5 Å². The number of rotatable bonds is 4. The fourth-order valence-electron chi connectivity index (χ4n) is 1.52. The maximum absolute atomic E-state index is 6.10. The van der Waals surface area contributed by atoms with Crippen LogP contribution in [0.4, 0.5) is 0 Å². The minimum absolute atomic E-state index is 0.646. The van der Waals surface area contributed by atoms with Gasteiger partial charge in [-0.2, -0.15) is 0 Å². The summed E-state index contributed by atoms with van der Waals surface area (Å²) >= 11 is 7.68. The molecule has 0 saturated carbocycles. The molecule has 1 heterocycles. The van der Waals surface area contributed by atoms with Crippen molar-refractivity contribution in [2.75, 3.05) is 6.54 Å². The van der Waals surface area contributed by atoms with Gasteiger partial charge < -0.3 is 5.73 Å². The van der Waals surface area contributed by atoms with Gasteiger partial charge in [0.25, 0.3) is 0 Å². The number of hydrogen-bond donors (Lipinski definition) is 1. The van der Waals surface area contributed by atoms with Gasteiger partial charge in [0.2, 0.25) is 0 Å². The van der Waals surface area contributed by atoms with Crippen molar-refractivity contribution in [3.05, 3.63) is 53.2 Å². The molecule has 1 aromatic heterocycles. The van der Waals surface area contributed by atoms with E-state index in [4.69, 9.17) is 17.3 Å². The molecule has 0 bridgehead atoms. The standard InChI is InChI=1S/C13H13ClN2S/c14-11-5-3-9-16-13(11)17-12-6-2-1-4-10(12)7-8-15/h1-6,9H,7-8,15H2. The number of hydrogen-bond acceptors (Lipinski definition) is 3. The molecule has 0 radical (unpaired) electrons. The van der Waals surface area contributed by atoms with Crippen molar-refractivity contribution in [1.29, 1.82) is 0 Å². The summed E-state index contributed by atoms with van der Waals surface area (Å²) in [7, 11) is 0. The van der Waals surface area contributed by atoms with E-state index in [1.54, 1.807) is 18.0 Å². The van der Waals surface area contributed by atoms with E-state index in [0.29, 0.717) is 11.6 Å². The molecule has 0 aliphatic heterocycles. The van der Waals surface area contributed by atoms with Crippen LogP contribution in [0.1, 0.15) is 5.56 Å². The maximum Gasteiger partial charge on any atom is 0.119 e. The first-order valence-corrected chi connectivity index (χ1v) is 6.57. The molecule has 2 N–H and O–H groups in total. The van der Waals surface area contributed by atoms with Gasteiger partial charge in [0.15, 0.2) is 0 Å². The first-order valence-electron chi connectivity index (χ1n) is 5.37. The Morgan fingerprint density at radius 1 is 1.18 bits per heavy atom. The predicted molar refractivity (Wildman–Crippen MR) is 72.6 cm³/mol. The zero-order valence-corrected chi connectivity index (χ0v) is 10.8. The molecule has 4 heteroatoms. The van der Waals surface area contributed by atoms with Gasteiger partial charge >= 0.3 is 0 Å². The van der Waals surface area contributed by atoms with Crippen LogP contribution in [-0.2, 0) is 6.42 Å². The van der Waals surface area contributed by atoms with E-state index >= 15 is 0 Å². The van der Waals surface area contributed by atoms with Gasteiger partial charge in [-0.3, -0.25) is 0 Å². The smallest absolute Gasteiger partial charge is 0.119 e. The van der Waals surface area contributed by atoms with Crippen molar-refractivity contribution in [1.82, 2.24) is 4.98 Å². The van der Waals surface area contributed by atoms with Gasteiger partial charge in [0.05, 0.1) is 5.02 Å². The van der Waals surface area contributed by atoms with Crippen LogP contribution in [0.2, 0.25) is 5.02 Å². The summed E-state index contributed by atoms with van der Waals surface area (Å²) in [6.07, 6.45) is 2.62. The molecule has 0 aliphatic carbocycles. The highest BCUT2D eigenvalue weighted by atomic mass is 35.5. The van der Waals surface area contributed by atoms with Gasteiger partial charge in [-0.25, -0.2) is 4.98 Å². The van der Waals surface area contributed by atoms with Gasteiger partial charge in [-0.1, -0.05) is 41.6 Å². The number of halogens is 1. The topological polar surface area (TPSA) is 38.9 Å². The molecule has 0 amide bonds. The molecule has 2 nitrogen and oxygen atoms in total. The van der Waals surface area contributed by atoms with E-state index in [9.17, 15) is 0 Å². The van der Waals surface area contributed by atoms with Crippen molar-refractivity contribution in [3.63, 3.8) is 0 Å². The third kappa shape index (κ3) is 3.22. The van der Waals surface area contributed by atoms with Crippen molar-refractivity contribution < 1.29 is 0 Å². The fourth-order valence-corrected chi connectivity index (χ4v) is 2.69. The Hall–Kier alpha value is -1.03. The number of benzene rings is 1. The highest BCUT2D eigenvalue weighted by Gasteiger charge is 2.06. The van der Waals surface area contributed by atoms with E-state index in [2.05, 4.69) is 17.1 Å². The minimum Gasteiger partial charge on any atom is -0.330 e. The predicted octanol–water partition coefficient (Wildman–Crippen LogP) is 3.39. The molecule has 88 valence electrons. The van der Waals surface area contributed by atoms with Crippen molar-refractivity contribution in [2.45, 2.75) is 16.3 Å². The van der Waals surface area contributed by atoms with E-state index in [1.807, 2.05) is 24.3 Å². The number of nitrogens with zero attached hydrogens (tertiary/aromatic N) is 1. The lowest BCUT2D eigenvalue weighted by atomic mass is 10.1. The summed E-state index contributed by atoms with van der Waals surface area (Å²) in [5, 5.41) is 1.51. The van der Waals surface area contributed by atoms with E-state index < -0.39 is 0 Å². The van der Waals surface area contributed by atoms with Gasteiger partial charge in [-0.15, -0.1) is 0 Å². The summed E-state index contributed by atoms with van der Waals surface area (Å²) < 4.78 is 0. The van der Waals surface area contributed by atoms with Crippen LogP contribution in [0.3, 0.4) is 0 Å². The molecule has 0 aliphatic rings. The monoisotopic (exact) mass is 264 g/mol. The Kier molecular flexibility index (Phi) is 4.42. The van der Waals surface area contributed by atoms with Crippen LogP contribution in [0.5, 0.6) is 0 Å². The normalized spacial score (nSPS) is 10.5. The molecule has 2 rings (SSSR count). The second-order valence-corrected chi connectivity index (χ2v) is 4.98. The Bertz CT molecular complexity index is 502. The van der Waals surface area contributed by atoms with Crippen LogP contribution in [0, 0.1) is 0 Å². The first kappa shape index (κ1) is 12.4. The maximum atomic E-state index is 6.10. The van der Waals surface area contributed by atoms with E-state index in [1.165, 1.54) is 10.5 Å². The average molecular weight is 265 g/mol. The molecule has 0 unspecified atom stereocenters. The Morgan fingerprint density at radius 2 is 2.00 bits per heavy atom. The highest BCUT2D eigenvalue weighted by molar-refractivity contribution is 7.99. The van der Waals surface area contributed by atoms with E-state index in [0.717, 1.165) is 11.4 Å². The lowest BCUT2D eigenvalue weighted by Gasteiger charge is -2.08.